The Balaban J connectivity index is 0.00000144. The van der Waals surface area contributed by atoms with Gasteiger partial charge in [0.2, 0.25) is 5.91 Å². The van der Waals surface area contributed by atoms with Gasteiger partial charge in [-0.1, -0.05) is 12.1 Å². The summed E-state index contributed by atoms with van der Waals surface area (Å²) in [6, 6.07) is 8.19. The Morgan fingerprint density at radius 2 is 2.17 bits per heavy atom. The van der Waals surface area contributed by atoms with E-state index in [0.717, 1.165) is 50.2 Å². The average Bonchev–Trinajstić information content (AvgIpc) is 2.93. The lowest BCUT2D eigenvalue weighted by molar-refractivity contribution is -0.125. The Labute approximate surface area is 155 Å². The first-order chi connectivity index (χ1) is 10.8. The second-order valence-corrected chi connectivity index (χ2v) is 5.85. The molecule has 2 heterocycles. The van der Waals surface area contributed by atoms with E-state index in [1.165, 1.54) is 5.52 Å². The van der Waals surface area contributed by atoms with E-state index in [0.29, 0.717) is 6.54 Å². The SMILES string of the molecule is CCn1c(CCNC(=O)C2CCCNC2)nc2ccccc21.Cl.Cl. The maximum absolute atomic E-state index is 12.1. The summed E-state index contributed by atoms with van der Waals surface area (Å²) in [5.41, 5.74) is 2.20. The number of benzene rings is 1. The van der Waals surface area contributed by atoms with Gasteiger partial charge in [0.1, 0.15) is 5.82 Å². The van der Waals surface area contributed by atoms with Crippen LogP contribution in [0.15, 0.2) is 24.3 Å². The molecule has 0 radical (unpaired) electrons. The molecule has 1 aromatic heterocycles. The fraction of sp³-hybridized carbons (Fsp3) is 0.529. The number of imidazole rings is 1. The largest absolute Gasteiger partial charge is 0.355 e. The molecule has 3 rings (SSSR count). The number of carbonyl (C=O) groups is 1. The van der Waals surface area contributed by atoms with E-state index in [1.54, 1.807) is 0 Å². The van der Waals surface area contributed by atoms with Crippen molar-refractivity contribution < 1.29 is 4.79 Å². The zero-order valence-corrected chi connectivity index (χ0v) is 15.6. The Morgan fingerprint density at radius 3 is 2.88 bits per heavy atom. The highest BCUT2D eigenvalue weighted by Crippen LogP contribution is 2.16. The molecule has 1 unspecified atom stereocenters. The van der Waals surface area contributed by atoms with Crippen molar-refractivity contribution in [3.63, 3.8) is 0 Å². The van der Waals surface area contributed by atoms with Crippen molar-refractivity contribution in [3.8, 4) is 0 Å². The predicted molar refractivity (Wildman–Crippen MR) is 102 cm³/mol. The van der Waals surface area contributed by atoms with E-state index in [4.69, 9.17) is 4.98 Å². The number of aromatic nitrogens is 2. The highest BCUT2D eigenvalue weighted by molar-refractivity contribution is 5.85. The Hall–Kier alpha value is -1.30. The highest BCUT2D eigenvalue weighted by Gasteiger charge is 2.20. The first-order valence-corrected chi connectivity index (χ1v) is 8.22. The summed E-state index contributed by atoms with van der Waals surface area (Å²) in [7, 11) is 0. The molecule has 1 atom stereocenters. The third-order valence-corrected chi connectivity index (χ3v) is 4.37. The van der Waals surface area contributed by atoms with E-state index in [-0.39, 0.29) is 36.6 Å². The molecular weight excluding hydrogens is 347 g/mol. The number of piperidine rings is 1. The van der Waals surface area contributed by atoms with Crippen LogP contribution in [0.1, 0.15) is 25.6 Å². The Kier molecular flexibility index (Phi) is 8.53. The molecule has 2 N–H and O–H groups in total. The van der Waals surface area contributed by atoms with Crippen molar-refractivity contribution in [2.75, 3.05) is 19.6 Å². The fourth-order valence-electron chi connectivity index (χ4n) is 3.19. The summed E-state index contributed by atoms with van der Waals surface area (Å²) in [4.78, 5) is 16.8. The van der Waals surface area contributed by atoms with Gasteiger partial charge >= 0.3 is 0 Å². The van der Waals surface area contributed by atoms with Crippen LogP contribution in [0.2, 0.25) is 0 Å². The molecule has 24 heavy (non-hydrogen) atoms. The molecule has 134 valence electrons. The van der Waals surface area contributed by atoms with Gasteiger partial charge in [-0.3, -0.25) is 4.79 Å². The number of amides is 1. The normalized spacial score (nSPS) is 17.0. The standard InChI is InChI=1S/C17H24N4O.2ClH/c1-2-21-15-8-4-3-7-14(15)20-16(21)9-11-19-17(22)13-6-5-10-18-12-13;;/h3-4,7-8,13,18H,2,5-6,9-12H2,1H3,(H,19,22);2*1H. The van der Waals surface area contributed by atoms with Gasteiger partial charge in [-0.05, 0) is 38.4 Å². The minimum absolute atomic E-state index is 0. The molecule has 0 aliphatic carbocycles. The molecule has 1 fully saturated rings. The average molecular weight is 373 g/mol. The smallest absolute Gasteiger partial charge is 0.224 e. The number of carbonyl (C=O) groups excluding carboxylic acids is 1. The van der Waals surface area contributed by atoms with Crippen molar-refractivity contribution in [3.05, 3.63) is 30.1 Å². The van der Waals surface area contributed by atoms with Crippen molar-refractivity contribution in [2.45, 2.75) is 32.7 Å². The molecule has 1 saturated heterocycles. The van der Waals surface area contributed by atoms with Crippen LogP contribution in [0.4, 0.5) is 0 Å². The van der Waals surface area contributed by atoms with Crippen LogP contribution in [0, 0.1) is 5.92 Å². The van der Waals surface area contributed by atoms with Gasteiger partial charge in [-0.2, -0.15) is 0 Å². The second kappa shape index (κ2) is 9.87. The van der Waals surface area contributed by atoms with Gasteiger partial charge in [-0.15, -0.1) is 24.8 Å². The van der Waals surface area contributed by atoms with Crippen LogP contribution in [-0.4, -0.2) is 35.1 Å². The van der Waals surface area contributed by atoms with Gasteiger partial charge in [0.25, 0.3) is 0 Å². The minimum Gasteiger partial charge on any atom is -0.355 e. The van der Waals surface area contributed by atoms with Gasteiger partial charge in [0, 0.05) is 26.1 Å². The minimum atomic E-state index is 0. The van der Waals surface area contributed by atoms with E-state index in [2.05, 4.69) is 28.2 Å². The summed E-state index contributed by atoms with van der Waals surface area (Å²) in [6.07, 6.45) is 2.85. The van der Waals surface area contributed by atoms with Crippen molar-refractivity contribution >= 4 is 41.8 Å². The molecule has 0 bridgehead atoms. The van der Waals surface area contributed by atoms with Crippen LogP contribution in [0.3, 0.4) is 0 Å². The highest BCUT2D eigenvalue weighted by atomic mass is 35.5. The Morgan fingerprint density at radius 1 is 1.38 bits per heavy atom. The van der Waals surface area contributed by atoms with Crippen molar-refractivity contribution in [1.82, 2.24) is 20.2 Å². The number of fused-ring (bicyclic) bond motifs is 1. The molecule has 1 aromatic carbocycles. The number of rotatable bonds is 5. The number of para-hydroxylation sites is 2. The van der Waals surface area contributed by atoms with E-state index in [1.807, 2.05) is 18.2 Å². The van der Waals surface area contributed by atoms with Crippen LogP contribution < -0.4 is 10.6 Å². The molecule has 0 saturated carbocycles. The van der Waals surface area contributed by atoms with Gasteiger partial charge < -0.3 is 15.2 Å². The number of hydrogen-bond donors (Lipinski definition) is 2. The zero-order valence-electron chi connectivity index (χ0n) is 14.0. The van der Waals surface area contributed by atoms with Crippen LogP contribution in [0.25, 0.3) is 11.0 Å². The molecular formula is C17H26Cl2N4O. The van der Waals surface area contributed by atoms with Crippen LogP contribution >= 0.6 is 24.8 Å². The topological polar surface area (TPSA) is 59.0 Å². The van der Waals surface area contributed by atoms with E-state index in [9.17, 15) is 4.79 Å². The molecule has 7 heteroatoms. The number of aryl methyl sites for hydroxylation is 1. The van der Waals surface area contributed by atoms with Gasteiger partial charge in [-0.25, -0.2) is 4.98 Å². The lowest BCUT2D eigenvalue weighted by Crippen LogP contribution is -2.41. The lowest BCUT2D eigenvalue weighted by atomic mass is 9.99. The first kappa shape index (κ1) is 20.7. The van der Waals surface area contributed by atoms with Crippen LogP contribution in [-0.2, 0) is 17.8 Å². The van der Waals surface area contributed by atoms with Gasteiger partial charge in [0.05, 0.1) is 17.0 Å². The maximum Gasteiger partial charge on any atom is 0.224 e. The molecule has 2 aromatic rings. The van der Waals surface area contributed by atoms with Crippen LogP contribution in [0.5, 0.6) is 0 Å². The predicted octanol–water partition coefficient (Wildman–Crippen LogP) is 2.56. The lowest BCUT2D eigenvalue weighted by Gasteiger charge is -2.21. The molecule has 1 amide bonds. The monoisotopic (exact) mass is 372 g/mol. The summed E-state index contributed by atoms with van der Waals surface area (Å²) in [6.45, 7) is 5.52. The number of nitrogens with one attached hydrogen (secondary N) is 2. The maximum atomic E-state index is 12.1. The second-order valence-electron chi connectivity index (χ2n) is 5.85. The van der Waals surface area contributed by atoms with E-state index < -0.39 is 0 Å². The van der Waals surface area contributed by atoms with Crippen molar-refractivity contribution in [1.29, 1.82) is 0 Å². The Bertz CT molecular complexity index is 653. The number of halogens is 2. The quantitative estimate of drug-likeness (QED) is 0.847. The number of nitrogens with zero attached hydrogens (tertiary/aromatic N) is 2. The molecule has 1 aliphatic heterocycles. The van der Waals surface area contributed by atoms with E-state index >= 15 is 0 Å². The summed E-state index contributed by atoms with van der Waals surface area (Å²) < 4.78 is 2.23. The zero-order chi connectivity index (χ0) is 15.4. The molecule has 0 spiro atoms. The third-order valence-electron chi connectivity index (χ3n) is 4.37. The molecule has 1 aliphatic rings. The third kappa shape index (κ3) is 4.62. The fourth-order valence-corrected chi connectivity index (χ4v) is 3.19. The molecule has 5 nitrogen and oxygen atoms in total. The first-order valence-electron chi connectivity index (χ1n) is 8.22. The van der Waals surface area contributed by atoms with Crippen molar-refractivity contribution in [2.24, 2.45) is 5.92 Å². The summed E-state index contributed by atoms with van der Waals surface area (Å²) >= 11 is 0. The van der Waals surface area contributed by atoms with Gasteiger partial charge in [0.15, 0.2) is 0 Å². The summed E-state index contributed by atoms with van der Waals surface area (Å²) in [5, 5.41) is 6.35. The summed E-state index contributed by atoms with van der Waals surface area (Å²) in [5.74, 6) is 1.34. The number of hydrogen-bond acceptors (Lipinski definition) is 3.